The van der Waals surface area contributed by atoms with Gasteiger partial charge in [0, 0.05) is 0 Å². The molecule has 0 aromatic rings. The van der Waals surface area contributed by atoms with Gasteiger partial charge in [0.2, 0.25) is 0 Å². The molecule has 0 unspecified atom stereocenters. The lowest BCUT2D eigenvalue weighted by Crippen LogP contribution is -1.61. The molecule has 0 saturated heterocycles. The van der Waals surface area contributed by atoms with Crippen molar-refractivity contribution in [2.75, 3.05) is 0 Å². The number of allylic oxidation sites excluding steroid dienone is 4. The second kappa shape index (κ2) is 3.42. The molecule has 0 aromatic heterocycles. The molecule has 46 valence electrons. The molecule has 0 atom stereocenters. The van der Waals surface area contributed by atoms with Gasteiger partial charge in [0.15, 0.2) is 0 Å². The smallest absolute Gasteiger partial charge is 0.0968 e. The number of hydrogen-bond donors (Lipinski definition) is 0. The predicted molar refractivity (Wildman–Crippen MR) is 34.3 cm³/mol. The largest absolute Gasteiger partial charge is 0.212 e. The fourth-order valence-electron chi connectivity index (χ4n) is 0.281. The fraction of sp³-hybridized carbons (Fsp3) is 0.429. The fourth-order valence-corrected chi connectivity index (χ4v) is 0.281. The number of rotatable bonds is 1. The van der Waals surface area contributed by atoms with Gasteiger partial charge in [-0.3, -0.25) is 0 Å². The van der Waals surface area contributed by atoms with E-state index in [1.165, 1.54) is 13.0 Å². The third-order valence-electron chi connectivity index (χ3n) is 0.646. The van der Waals surface area contributed by atoms with Crippen LogP contribution in [0.1, 0.15) is 20.8 Å². The van der Waals surface area contributed by atoms with Gasteiger partial charge >= 0.3 is 0 Å². The van der Waals surface area contributed by atoms with Crippen LogP contribution in [-0.2, 0) is 0 Å². The molecule has 0 rings (SSSR count). The quantitative estimate of drug-likeness (QED) is 0.460. The Hall–Kier alpha value is -0.590. The monoisotopic (exact) mass is 114 g/mol. The SMILES string of the molecule is CC(C)=C/C=C(/C)F. The van der Waals surface area contributed by atoms with Crippen molar-refractivity contribution in [1.82, 2.24) is 0 Å². The summed E-state index contributed by atoms with van der Waals surface area (Å²) in [6, 6.07) is 0. The molecule has 0 N–H and O–H groups in total. The second-order valence-electron chi connectivity index (χ2n) is 2.00. The molecule has 0 nitrogen and oxygen atoms in total. The van der Waals surface area contributed by atoms with Crippen LogP contribution in [-0.4, -0.2) is 0 Å². The molecule has 0 heterocycles. The average Bonchev–Trinajstić information content (AvgIpc) is 1.61. The second-order valence-corrected chi connectivity index (χ2v) is 2.00. The molecular formula is C7H11F. The molecule has 0 fully saturated rings. The normalized spacial score (nSPS) is 11.2. The van der Waals surface area contributed by atoms with Crippen LogP contribution in [0, 0.1) is 0 Å². The highest BCUT2D eigenvalue weighted by molar-refractivity contribution is 5.09. The van der Waals surface area contributed by atoms with Crippen LogP contribution in [0.4, 0.5) is 4.39 Å². The van der Waals surface area contributed by atoms with E-state index in [4.69, 9.17) is 0 Å². The number of halogens is 1. The van der Waals surface area contributed by atoms with Crippen molar-refractivity contribution in [3.05, 3.63) is 23.6 Å². The lowest BCUT2D eigenvalue weighted by molar-refractivity contribution is 0.640. The maximum Gasteiger partial charge on any atom is 0.0968 e. The Morgan fingerprint density at radius 2 is 1.62 bits per heavy atom. The highest BCUT2D eigenvalue weighted by Crippen LogP contribution is 1.95. The van der Waals surface area contributed by atoms with E-state index >= 15 is 0 Å². The minimum atomic E-state index is -0.147. The topological polar surface area (TPSA) is 0 Å². The van der Waals surface area contributed by atoms with E-state index in [-0.39, 0.29) is 5.83 Å². The van der Waals surface area contributed by atoms with Crippen LogP contribution in [0.2, 0.25) is 0 Å². The van der Waals surface area contributed by atoms with Crippen molar-refractivity contribution in [3.8, 4) is 0 Å². The lowest BCUT2D eigenvalue weighted by Gasteiger charge is -1.81. The van der Waals surface area contributed by atoms with Gasteiger partial charge in [-0.15, -0.1) is 0 Å². The van der Waals surface area contributed by atoms with Crippen LogP contribution in [0.5, 0.6) is 0 Å². The van der Waals surface area contributed by atoms with E-state index < -0.39 is 0 Å². The third kappa shape index (κ3) is 5.41. The molecule has 0 aromatic carbocycles. The van der Waals surface area contributed by atoms with Crippen molar-refractivity contribution in [1.29, 1.82) is 0 Å². The Morgan fingerprint density at radius 1 is 1.12 bits per heavy atom. The first-order chi connectivity index (χ1) is 3.63. The van der Waals surface area contributed by atoms with Gasteiger partial charge in [0.25, 0.3) is 0 Å². The summed E-state index contributed by atoms with van der Waals surface area (Å²) in [5, 5.41) is 0. The van der Waals surface area contributed by atoms with Crippen LogP contribution in [0.25, 0.3) is 0 Å². The Labute approximate surface area is 49.7 Å². The zero-order valence-corrected chi connectivity index (χ0v) is 5.53. The molecule has 1 heteroatoms. The molecule has 0 spiro atoms. The van der Waals surface area contributed by atoms with Crippen molar-refractivity contribution in [2.24, 2.45) is 0 Å². The van der Waals surface area contributed by atoms with Gasteiger partial charge in [-0.25, -0.2) is 4.39 Å². The highest BCUT2D eigenvalue weighted by Gasteiger charge is 1.75. The van der Waals surface area contributed by atoms with E-state index in [0.29, 0.717) is 0 Å². The summed E-state index contributed by atoms with van der Waals surface area (Å²) in [7, 11) is 0. The molecule has 0 bridgehead atoms. The first-order valence-electron chi connectivity index (χ1n) is 2.60. The Bertz CT molecular complexity index is 96.3. The minimum absolute atomic E-state index is 0.147. The maximum atomic E-state index is 11.9. The summed E-state index contributed by atoms with van der Waals surface area (Å²) in [4.78, 5) is 0. The van der Waals surface area contributed by atoms with E-state index in [2.05, 4.69) is 0 Å². The van der Waals surface area contributed by atoms with Gasteiger partial charge in [-0.05, 0) is 26.8 Å². The third-order valence-corrected chi connectivity index (χ3v) is 0.646. The van der Waals surface area contributed by atoms with Crippen LogP contribution < -0.4 is 0 Å². The van der Waals surface area contributed by atoms with Crippen molar-refractivity contribution >= 4 is 0 Å². The van der Waals surface area contributed by atoms with Crippen LogP contribution in [0.3, 0.4) is 0 Å². The van der Waals surface area contributed by atoms with Crippen molar-refractivity contribution < 1.29 is 4.39 Å². The first-order valence-corrected chi connectivity index (χ1v) is 2.60. The predicted octanol–water partition coefficient (Wildman–Crippen LogP) is 2.83. The molecule has 0 amide bonds. The maximum absolute atomic E-state index is 11.9. The Morgan fingerprint density at radius 3 is 1.75 bits per heavy atom. The van der Waals surface area contributed by atoms with E-state index in [0.717, 1.165) is 5.57 Å². The Balaban J connectivity index is 3.76. The number of hydrogen-bond acceptors (Lipinski definition) is 0. The zero-order valence-electron chi connectivity index (χ0n) is 5.53. The summed E-state index contributed by atoms with van der Waals surface area (Å²) in [6.07, 6.45) is 3.20. The minimum Gasteiger partial charge on any atom is -0.212 e. The molecule has 0 saturated carbocycles. The molecule has 0 aliphatic rings. The summed E-state index contributed by atoms with van der Waals surface area (Å²) in [5.74, 6) is -0.147. The summed E-state index contributed by atoms with van der Waals surface area (Å²) in [5.41, 5.74) is 1.11. The summed E-state index contributed by atoms with van der Waals surface area (Å²) < 4.78 is 11.9. The van der Waals surface area contributed by atoms with Crippen molar-refractivity contribution in [2.45, 2.75) is 20.8 Å². The molecule has 0 aliphatic heterocycles. The van der Waals surface area contributed by atoms with Gasteiger partial charge in [-0.2, -0.15) is 0 Å². The first kappa shape index (κ1) is 7.41. The van der Waals surface area contributed by atoms with Gasteiger partial charge in [-0.1, -0.05) is 11.6 Å². The van der Waals surface area contributed by atoms with Gasteiger partial charge in [0.05, 0.1) is 5.83 Å². The van der Waals surface area contributed by atoms with E-state index in [9.17, 15) is 4.39 Å². The Kier molecular flexibility index (Phi) is 3.16. The van der Waals surface area contributed by atoms with Gasteiger partial charge < -0.3 is 0 Å². The van der Waals surface area contributed by atoms with E-state index in [1.807, 2.05) is 13.8 Å². The zero-order chi connectivity index (χ0) is 6.57. The van der Waals surface area contributed by atoms with Crippen LogP contribution in [0.15, 0.2) is 23.6 Å². The average molecular weight is 114 g/mol. The molecule has 8 heavy (non-hydrogen) atoms. The molecule has 0 aliphatic carbocycles. The standard InChI is InChI=1S/C7H11F/c1-6(2)4-5-7(3)8/h4-5H,1-3H3/b7-5-. The van der Waals surface area contributed by atoms with Crippen molar-refractivity contribution in [3.63, 3.8) is 0 Å². The van der Waals surface area contributed by atoms with Gasteiger partial charge in [0.1, 0.15) is 0 Å². The highest BCUT2D eigenvalue weighted by atomic mass is 19.1. The lowest BCUT2D eigenvalue weighted by atomic mass is 10.3. The molecule has 0 radical (unpaired) electrons. The van der Waals surface area contributed by atoms with Crippen LogP contribution >= 0.6 is 0 Å². The summed E-state index contributed by atoms with van der Waals surface area (Å²) in [6.45, 7) is 5.29. The summed E-state index contributed by atoms with van der Waals surface area (Å²) >= 11 is 0. The molecular weight excluding hydrogens is 103 g/mol. The van der Waals surface area contributed by atoms with E-state index in [1.54, 1.807) is 6.08 Å².